The summed E-state index contributed by atoms with van der Waals surface area (Å²) in [6.45, 7) is 6.43. The van der Waals surface area contributed by atoms with Gasteiger partial charge in [0.15, 0.2) is 0 Å². The lowest BCUT2D eigenvalue weighted by Crippen LogP contribution is -2.51. The minimum absolute atomic E-state index is 0.0658. The van der Waals surface area contributed by atoms with Crippen molar-refractivity contribution < 1.29 is 14.4 Å². The molecule has 1 aliphatic rings. The molecular weight excluding hydrogens is 380 g/mol. The van der Waals surface area contributed by atoms with E-state index in [9.17, 15) is 14.4 Å². The Labute approximate surface area is 177 Å². The van der Waals surface area contributed by atoms with E-state index in [4.69, 9.17) is 0 Å². The zero-order valence-electron chi connectivity index (χ0n) is 17.5. The first-order valence-electron chi connectivity index (χ1n) is 10.1. The van der Waals surface area contributed by atoms with E-state index in [1.165, 1.54) is 0 Å². The van der Waals surface area contributed by atoms with Gasteiger partial charge in [0.25, 0.3) is 5.91 Å². The van der Waals surface area contributed by atoms with Gasteiger partial charge in [-0.25, -0.2) is 0 Å². The molecule has 2 N–H and O–H groups in total. The van der Waals surface area contributed by atoms with Gasteiger partial charge in [0.1, 0.15) is 0 Å². The van der Waals surface area contributed by atoms with E-state index in [2.05, 4.69) is 27.7 Å². The zero-order chi connectivity index (χ0) is 21.5. The smallest absolute Gasteiger partial charge is 0.251 e. The molecule has 2 aromatic rings. The molecule has 0 aromatic heterocycles. The Morgan fingerprint density at radius 2 is 1.53 bits per heavy atom. The zero-order valence-corrected chi connectivity index (χ0v) is 17.5. The molecule has 0 atom stereocenters. The minimum Gasteiger partial charge on any atom is -0.368 e. The number of nitrogens with one attached hydrogen (secondary N) is 2. The maximum absolute atomic E-state index is 12.4. The number of hydrogen-bond donors (Lipinski definition) is 2. The monoisotopic (exact) mass is 408 g/mol. The van der Waals surface area contributed by atoms with Gasteiger partial charge in [-0.05, 0) is 49.2 Å². The minimum atomic E-state index is -0.386. The first-order valence-corrected chi connectivity index (χ1v) is 10.1. The van der Waals surface area contributed by atoms with Gasteiger partial charge in [0, 0.05) is 37.4 Å². The fourth-order valence-electron chi connectivity index (χ4n) is 3.35. The van der Waals surface area contributed by atoms with E-state index in [-0.39, 0.29) is 30.8 Å². The van der Waals surface area contributed by atoms with Crippen LogP contribution in [0.5, 0.6) is 0 Å². The largest absolute Gasteiger partial charge is 0.368 e. The van der Waals surface area contributed by atoms with Gasteiger partial charge in [0.05, 0.1) is 13.1 Å². The number of rotatable bonds is 6. The van der Waals surface area contributed by atoms with Crippen molar-refractivity contribution in [2.45, 2.75) is 13.8 Å². The number of hydrogen-bond acceptors (Lipinski definition) is 4. The molecule has 0 aliphatic carbocycles. The summed E-state index contributed by atoms with van der Waals surface area (Å²) in [6, 6.07) is 15.5. The van der Waals surface area contributed by atoms with Gasteiger partial charge in [0.2, 0.25) is 11.8 Å². The normalized spacial score (nSPS) is 13.7. The molecule has 1 fully saturated rings. The summed E-state index contributed by atoms with van der Waals surface area (Å²) in [5, 5.41) is 5.18. The Morgan fingerprint density at radius 1 is 0.833 bits per heavy atom. The van der Waals surface area contributed by atoms with Crippen LogP contribution < -0.4 is 15.5 Å². The number of piperazine rings is 1. The van der Waals surface area contributed by atoms with Crippen molar-refractivity contribution in [2.75, 3.05) is 44.2 Å². The highest BCUT2D eigenvalue weighted by Crippen LogP contribution is 2.15. The average molecular weight is 409 g/mol. The maximum atomic E-state index is 12.4. The lowest BCUT2D eigenvalue weighted by molar-refractivity contribution is -0.132. The first kappa shape index (κ1) is 21.4. The fraction of sp³-hybridized carbons (Fsp3) is 0.348. The number of carbonyl (C=O) groups excluding carboxylic acids is 3. The number of para-hydroxylation sites is 1. The standard InChI is InChI=1S/C23H28N4O3/c1-17-8-9-19(14-18(17)2)23(30)25-15-21(28)24-16-22(29)27-12-10-26(11-13-27)20-6-4-3-5-7-20/h3-9,14H,10-13,15-16H2,1-2H3,(H,24,28)(H,25,30). The van der Waals surface area contributed by atoms with E-state index >= 15 is 0 Å². The molecule has 1 saturated heterocycles. The van der Waals surface area contributed by atoms with Crippen LogP contribution in [-0.4, -0.2) is 61.9 Å². The van der Waals surface area contributed by atoms with Gasteiger partial charge in [-0.15, -0.1) is 0 Å². The van der Waals surface area contributed by atoms with Crippen LogP contribution in [0.3, 0.4) is 0 Å². The third-order valence-corrected chi connectivity index (χ3v) is 5.37. The molecule has 0 saturated carbocycles. The number of aryl methyl sites for hydroxylation is 2. The highest BCUT2D eigenvalue weighted by molar-refractivity contribution is 5.97. The molecule has 7 heteroatoms. The SMILES string of the molecule is Cc1ccc(C(=O)NCC(=O)NCC(=O)N2CCN(c3ccccc3)CC2)cc1C. The predicted molar refractivity (Wildman–Crippen MR) is 116 cm³/mol. The molecule has 30 heavy (non-hydrogen) atoms. The van der Waals surface area contributed by atoms with Gasteiger partial charge in [-0.1, -0.05) is 24.3 Å². The van der Waals surface area contributed by atoms with Crippen molar-refractivity contribution in [1.29, 1.82) is 0 Å². The Kier molecular flexibility index (Phi) is 7.06. The molecule has 0 bridgehead atoms. The van der Waals surface area contributed by atoms with Gasteiger partial charge >= 0.3 is 0 Å². The highest BCUT2D eigenvalue weighted by Gasteiger charge is 2.21. The van der Waals surface area contributed by atoms with Gasteiger partial charge < -0.3 is 20.4 Å². The molecule has 0 spiro atoms. The molecule has 3 amide bonds. The van der Waals surface area contributed by atoms with E-state index < -0.39 is 0 Å². The van der Waals surface area contributed by atoms with Crippen molar-refractivity contribution in [3.8, 4) is 0 Å². The quantitative estimate of drug-likeness (QED) is 0.759. The Hall–Kier alpha value is -3.35. The predicted octanol–water partition coefficient (Wildman–Crippen LogP) is 1.50. The van der Waals surface area contributed by atoms with E-state index in [0.29, 0.717) is 18.7 Å². The van der Waals surface area contributed by atoms with Crippen molar-refractivity contribution in [3.05, 3.63) is 65.2 Å². The molecule has 7 nitrogen and oxygen atoms in total. The third-order valence-electron chi connectivity index (χ3n) is 5.37. The lowest BCUT2D eigenvalue weighted by Gasteiger charge is -2.36. The van der Waals surface area contributed by atoms with Crippen molar-refractivity contribution in [2.24, 2.45) is 0 Å². The lowest BCUT2D eigenvalue weighted by atomic mass is 10.1. The van der Waals surface area contributed by atoms with Crippen LogP contribution in [0.4, 0.5) is 5.69 Å². The molecule has 0 radical (unpaired) electrons. The van der Waals surface area contributed by atoms with Gasteiger partial charge in [-0.3, -0.25) is 14.4 Å². The number of carbonyl (C=O) groups is 3. The second-order valence-corrected chi connectivity index (χ2v) is 7.46. The Morgan fingerprint density at radius 3 is 2.20 bits per heavy atom. The molecule has 3 rings (SSSR count). The molecule has 1 heterocycles. The molecular formula is C23H28N4O3. The molecule has 1 aliphatic heterocycles. The fourth-order valence-corrected chi connectivity index (χ4v) is 3.35. The van der Waals surface area contributed by atoms with Crippen LogP contribution in [0, 0.1) is 13.8 Å². The van der Waals surface area contributed by atoms with Crippen LogP contribution in [-0.2, 0) is 9.59 Å². The Balaban J connectivity index is 1.38. The highest BCUT2D eigenvalue weighted by atomic mass is 16.2. The van der Waals surface area contributed by atoms with E-state index in [0.717, 1.165) is 29.9 Å². The summed E-state index contributed by atoms with van der Waals surface area (Å²) in [5.74, 6) is -0.809. The second kappa shape index (κ2) is 9.91. The maximum Gasteiger partial charge on any atom is 0.251 e. The van der Waals surface area contributed by atoms with Gasteiger partial charge in [-0.2, -0.15) is 0 Å². The average Bonchev–Trinajstić information content (AvgIpc) is 2.78. The molecule has 0 unspecified atom stereocenters. The number of amides is 3. The van der Waals surface area contributed by atoms with E-state index in [1.54, 1.807) is 17.0 Å². The van der Waals surface area contributed by atoms with Crippen molar-refractivity contribution >= 4 is 23.4 Å². The summed E-state index contributed by atoms with van der Waals surface area (Å²) in [6.07, 6.45) is 0. The summed E-state index contributed by atoms with van der Waals surface area (Å²) in [5.41, 5.74) is 3.79. The summed E-state index contributed by atoms with van der Waals surface area (Å²) >= 11 is 0. The Bertz CT molecular complexity index is 906. The van der Waals surface area contributed by atoms with E-state index in [1.807, 2.05) is 38.1 Å². The topological polar surface area (TPSA) is 81.8 Å². The second-order valence-electron chi connectivity index (χ2n) is 7.46. The summed E-state index contributed by atoms with van der Waals surface area (Å²) in [4.78, 5) is 40.6. The first-order chi connectivity index (χ1) is 14.4. The van der Waals surface area contributed by atoms with Crippen molar-refractivity contribution in [1.82, 2.24) is 15.5 Å². The van der Waals surface area contributed by atoms with Crippen LogP contribution in [0.25, 0.3) is 0 Å². The number of anilines is 1. The summed E-state index contributed by atoms with van der Waals surface area (Å²) in [7, 11) is 0. The molecule has 158 valence electrons. The molecule has 2 aromatic carbocycles. The summed E-state index contributed by atoms with van der Waals surface area (Å²) < 4.78 is 0. The van der Waals surface area contributed by atoms with Crippen LogP contribution in [0.15, 0.2) is 48.5 Å². The van der Waals surface area contributed by atoms with Crippen LogP contribution >= 0.6 is 0 Å². The third kappa shape index (κ3) is 5.59. The van der Waals surface area contributed by atoms with Crippen molar-refractivity contribution in [3.63, 3.8) is 0 Å². The number of benzene rings is 2. The van der Waals surface area contributed by atoms with Crippen LogP contribution in [0.1, 0.15) is 21.5 Å². The van der Waals surface area contributed by atoms with Crippen LogP contribution in [0.2, 0.25) is 0 Å². The number of nitrogens with zero attached hydrogens (tertiary/aromatic N) is 2.